The lowest BCUT2D eigenvalue weighted by molar-refractivity contribution is 0.293. The maximum atomic E-state index is 13.1. The summed E-state index contributed by atoms with van der Waals surface area (Å²) in [6, 6.07) is 7.71. The fraction of sp³-hybridized carbons (Fsp3) is 0.438. The molecule has 1 aromatic heterocycles. The zero-order chi connectivity index (χ0) is 15.7. The van der Waals surface area contributed by atoms with Gasteiger partial charge in [-0.15, -0.1) is 12.4 Å². The first-order chi connectivity index (χ1) is 10.5. The van der Waals surface area contributed by atoms with Crippen LogP contribution in [0.2, 0.25) is 0 Å². The van der Waals surface area contributed by atoms with Gasteiger partial charge in [0.1, 0.15) is 4.90 Å². The van der Waals surface area contributed by atoms with Crippen molar-refractivity contribution in [3.05, 3.63) is 36.0 Å². The lowest BCUT2D eigenvalue weighted by Crippen LogP contribution is -2.47. The van der Waals surface area contributed by atoms with Gasteiger partial charge in [-0.05, 0) is 38.4 Å². The fourth-order valence-corrected chi connectivity index (χ4v) is 4.96. The number of fused-ring (bicyclic) bond motifs is 1. The Balaban J connectivity index is 0.00000192. The van der Waals surface area contributed by atoms with Crippen LogP contribution < -0.4 is 5.32 Å². The molecule has 1 atom stereocenters. The molecule has 7 heteroatoms. The van der Waals surface area contributed by atoms with E-state index in [0.29, 0.717) is 23.5 Å². The highest BCUT2D eigenvalue weighted by Gasteiger charge is 2.32. The molecule has 0 spiro atoms. The maximum Gasteiger partial charge on any atom is 0.245 e. The first kappa shape index (κ1) is 18.1. The second-order valence-corrected chi connectivity index (χ2v) is 7.65. The van der Waals surface area contributed by atoms with Crippen LogP contribution in [0.4, 0.5) is 0 Å². The number of halogens is 1. The zero-order valence-electron chi connectivity index (χ0n) is 13.3. The Morgan fingerprint density at radius 1 is 1.30 bits per heavy atom. The van der Waals surface area contributed by atoms with Crippen molar-refractivity contribution in [3.63, 3.8) is 0 Å². The normalized spacial score (nSPS) is 19.5. The summed E-state index contributed by atoms with van der Waals surface area (Å²) in [5.41, 5.74) is 1.31. The number of hydrogen-bond acceptors (Lipinski definition) is 4. The van der Waals surface area contributed by atoms with Gasteiger partial charge in [0.15, 0.2) is 0 Å². The molecule has 3 rings (SSSR count). The molecular weight excluding hydrogens is 334 g/mol. The first-order valence-corrected chi connectivity index (χ1v) is 9.00. The van der Waals surface area contributed by atoms with Crippen LogP contribution in [0.1, 0.15) is 18.4 Å². The van der Waals surface area contributed by atoms with Gasteiger partial charge in [0.25, 0.3) is 0 Å². The van der Waals surface area contributed by atoms with Crippen LogP contribution in [0.15, 0.2) is 35.4 Å². The minimum absolute atomic E-state index is 0. The van der Waals surface area contributed by atoms with Gasteiger partial charge in [0, 0.05) is 30.7 Å². The number of benzene rings is 1. The van der Waals surface area contributed by atoms with E-state index in [4.69, 9.17) is 0 Å². The first-order valence-electron chi connectivity index (χ1n) is 7.56. The van der Waals surface area contributed by atoms with Crippen molar-refractivity contribution in [1.82, 2.24) is 14.6 Å². The largest absolute Gasteiger partial charge is 0.316 e. The number of aryl methyl sites for hydroxylation is 1. The van der Waals surface area contributed by atoms with Crippen LogP contribution >= 0.6 is 12.4 Å². The van der Waals surface area contributed by atoms with Crippen molar-refractivity contribution in [2.24, 2.45) is 0 Å². The molecule has 0 aliphatic carbocycles. The van der Waals surface area contributed by atoms with Gasteiger partial charge in [-0.25, -0.2) is 8.42 Å². The van der Waals surface area contributed by atoms with Gasteiger partial charge in [-0.1, -0.05) is 18.2 Å². The minimum atomic E-state index is -3.53. The van der Waals surface area contributed by atoms with Gasteiger partial charge in [-0.2, -0.15) is 4.31 Å². The van der Waals surface area contributed by atoms with Crippen molar-refractivity contribution in [2.75, 3.05) is 20.1 Å². The Morgan fingerprint density at radius 2 is 2.09 bits per heavy atom. The molecule has 2 heterocycles. The van der Waals surface area contributed by atoms with E-state index >= 15 is 0 Å². The van der Waals surface area contributed by atoms with Gasteiger partial charge in [0.05, 0.1) is 5.52 Å². The standard InChI is InChI=1S/C16H21N3O2S.ClH/c1-12-7-8-13-5-3-9-18-15(13)16(12)22(20,21)19-10-4-6-14(11-19)17-2;/h3,5,7-9,14,17H,4,6,10-11H2,1-2H3;1H. The van der Waals surface area contributed by atoms with Gasteiger partial charge < -0.3 is 5.32 Å². The third-order valence-electron chi connectivity index (χ3n) is 4.32. The van der Waals surface area contributed by atoms with Crippen molar-refractivity contribution >= 4 is 33.3 Å². The van der Waals surface area contributed by atoms with Crippen LogP contribution in [0.5, 0.6) is 0 Å². The highest BCUT2D eigenvalue weighted by atomic mass is 35.5. The Bertz CT molecular complexity index is 795. The van der Waals surface area contributed by atoms with Crippen molar-refractivity contribution in [2.45, 2.75) is 30.7 Å². The summed E-state index contributed by atoms with van der Waals surface area (Å²) in [5.74, 6) is 0. The van der Waals surface area contributed by atoms with E-state index in [-0.39, 0.29) is 18.4 Å². The van der Waals surface area contributed by atoms with Gasteiger partial charge in [0.2, 0.25) is 10.0 Å². The predicted octanol–water partition coefficient (Wildman–Crippen LogP) is 2.34. The minimum Gasteiger partial charge on any atom is -0.316 e. The number of hydrogen-bond donors (Lipinski definition) is 1. The van der Waals surface area contributed by atoms with E-state index in [2.05, 4.69) is 10.3 Å². The van der Waals surface area contributed by atoms with E-state index in [1.807, 2.05) is 38.2 Å². The van der Waals surface area contributed by atoms with Crippen LogP contribution in [-0.4, -0.2) is 43.9 Å². The molecule has 1 saturated heterocycles. The predicted molar refractivity (Wildman–Crippen MR) is 94.6 cm³/mol. The molecule has 2 aromatic rings. The van der Waals surface area contributed by atoms with Gasteiger partial charge >= 0.3 is 0 Å². The molecule has 1 fully saturated rings. The monoisotopic (exact) mass is 355 g/mol. The molecule has 5 nitrogen and oxygen atoms in total. The third-order valence-corrected chi connectivity index (χ3v) is 6.36. The highest BCUT2D eigenvalue weighted by molar-refractivity contribution is 7.89. The fourth-order valence-electron chi connectivity index (χ4n) is 3.07. The van der Waals surface area contributed by atoms with Crippen molar-refractivity contribution < 1.29 is 8.42 Å². The molecule has 126 valence electrons. The summed E-state index contributed by atoms with van der Waals surface area (Å²) < 4.78 is 27.9. The van der Waals surface area contributed by atoms with E-state index < -0.39 is 10.0 Å². The summed E-state index contributed by atoms with van der Waals surface area (Å²) in [6.07, 6.45) is 3.53. The average molecular weight is 356 g/mol. The summed E-state index contributed by atoms with van der Waals surface area (Å²) >= 11 is 0. The number of likely N-dealkylation sites (N-methyl/N-ethyl adjacent to an activating group) is 1. The number of aromatic nitrogens is 1. The molecule has 23 heavy (non-hydrogen) atoms. The Morgan fingerprint density at radius 3 is 2.83 bits per heavy atom. The summed E-state index contributed by atoms with van der Waals surface area (Å²) in [4.78, 5) is 4.67. The molecule has 0 saturated carbocycles. The number of pyridine rings is 1. The molecule has 1 aliphatic heterocycles. The topological polar surface area (TPSA) is 62.3 Å². The van der Waals surface area contributed by atoms with Crippen LogP contribution in [0, 0.1) is 6.92 Å². The quantitative estimate of drug-likeness (QED) is 0.918. The number of nitrogens with zero attached hydrogens (tertiary/aromatic N) is 2. The molecular formula is C16H22ClN3O2S. The van der Waals surface area contributed by atoms with Crippen molar-refractivity contribution in [3.8, 4) is 0 Å². The summed E-state index contributed by atoms with van der Waals surface area (Å²) in [5, 5.41) is 4.04. The number of piperidine rings is 1. The lowest BCUT2D eigenvalue weighted by Gasteiger charge is -2.32. The Kier molecular flexibility index (Phi) is 5.62. The van der Waals surface area contributed by atoms with Gasteiger partial charge in [-0.3, -0.25) is 4.98 Å². The van der Waals surface area contributed by atoms with Crippen LogP contribution in [0.25, 0.3) is 10.9 Å². The molecule has 1 aliphatic rings. The van der Waals surface area contributed by atoms with Crippen LogP contribution in [-0.2, 0) is 10.0 Å². The maximum absolute atomic E-state index is 13.1. The average Bonchev–Trinajstić information content (AvgIpc) is 2.54. The second kappa shape index (κ2) is 7.13. The molecule has 1 N–H and O–H groups in total. The van der Waals surface area contributed by atoms with Crippen molar-refractivity contribution in [1.29, 1.82) is 0 Å². The zero-order valence-corrected chi connectivity index (χ0v) is 15.0. The van der Waals surface area contributed by atoms with E-state index in [1.165, 1.54) is 0 Å². The Hall–Kier alpha value is -1.21. The number of sulfonamides is 1. The molecule has 1 unspecified atom stereocenters. The highest BCUT2D eigenvalue weighted by Crippen LogP contribution is 2.29. The molecule has 0 bridgehead atoms. The summed E-state index contributed by atoms with van der Waals surface area (Å²) in [7, 11) is -1.65. The number of rotatable bonds is 3. The lowest BCUT2D eigenvalue weighted by atomic mass is 10.1. The van der Waals surface area contributed by atoms with E-state index in [0.717, 1.165) is 23.8 Å². The Labute approximate surface area is 143 Å². The van der Waals surface area contributed by atoms with Crippen LogP contribution in [0.3, 0.4) is 0 Å². The smallest absolute Gasteiger partial charge is 0.245 e. The SMILES string of the molecule is CNC1CCCN(S(=O)(=O)c2c(C)ccc3cccnc23)C1.Cl. The number of nitrogens with one attached hydrogen (secondary N) is 1. The van der Waals surface area contributed by atoms with E-state index in [9.17, 15) is 8.42 Å². The molecule has 1 aromatic carbocycles. The summed E-state index contributed by atoms with van der Waals surface area (Å²) in [6.45, 7) is 2.92. The third kappa shape index (κ3) is 3.35. The second-order valence-electron chi connectivity index (χ2n) is 5.78. The van der Waals surface area contributed by atoms with E-state index in [1.54, 1.807) is 10.5 Å². The molecule has 0 radical (unpaired) electrons. The molecule has 0 amide bonds.